The molecule has 10 nitrogen and oxygen atoms in total. The summed E-state index contributed by atoms with van der Waals surface area (Å²) in [6.07, 6.45) is -4.65. The minimum atomic E-state index is -4.65. The van der Waals surface area contributed by atoms with E-state index in [1.807, 2.05) is 0 Å². The van der Waals surface area contributed by atoms with Crippen LogP contribution in [0.25, 0.3) is 0 Å². The molecule has 0 aliphatic heterocycles. The number of nitro groups is 1. The van der Waals surface area contributed by atoms with Crippen LogP contribution in [0.15, 0.2) is 71.6 Å². The molecular weight excluding hydrogens is 493 g/mol. The van der Waals surface area contributed by atoms with Gasteiger partial charge in [-0.25, -0.2) is 13.2 Å². The summed E-state index contributed by atoms with van der Waals surface area (Å²) in [4.78, 5) is 22.3. The Morgan fingerprint density at radius 1 is 0.943 bits per heavy atom. The summed E-state index contributed by atoms with van der Waals surface area (Å²) in [6, 6.07) is 11.4. The number of anilines is 3. The minimum absolute atomic E-state index is 0.0126. The van der Waals surface area contributed by atoms with E-state index in [1.54, 1.807) is 0 Å². The predicted octanol–water partition coefficient (Wildman–Crippen LogP) is 5.07. The number of nitrogens with one attached hydrogen (secondary N) is 3. The highest BCUT2D eigenvalue weighted by atomic mass is 32.2. The molecule has 0 aromatic heterocycles. The number of para-hydroxylation sites is 2. The highest BCUT2D eigenvalue weighted by Crippen LogP contribution is 2.35. The van der Waals surface area contributed by atoms with E-state index in [0.29, 0.717) is 6.07 Å². The van der Waals surface area contributed by atoms with Crippen LogP contribution in [0.5, 0.6) is 5.75 Å². The van der Waals surface area contributed by atoms with Crippen LogP contribution in [0.4, 0.5) is 40.7 Å². The standard InChI is InChI=1S/C21H17F3N4O6S/c1-34-19-11-6-13(21(22,23)24)12-18(19)26-20(29)25-16-4-2-3-5-17(16)27-35(32,33)15-9-7-14(8-10-15)28(30)31/h2-12,27H,1H3,(H2,25,26,29). The summed E-state index contributed by atoms with van der Waals surface area (Å²) in [5.74, 6) is -0.0275. The number of non-ortho nitro benzene ring substituents is 1. The summed E-state index contributed by atoms with van der Waals surface area (Å²) in [7, 11) is -2.98. The van der Waals surface area contributed by atoms with Gasteiger partial charge in [0.05, 0.1) is 39.6 Å². The van der Waals surface area contributed by atoms with Gasteiger partial charge in [0.1, 0.15) is 5.75 Å². The van der Waals surface area contributed by atoms with Gasteiger partial charge in [0, 0.05) is 12.1 Å². The SMILES string of the molecule is COc1ccc(C(F)(F)F)cc1NC(=O)Nc1ccccc1NS(=O)(=O)c1ccc([N+](=O)[O-])cc1. The van der Waals surface area contributed by atoms with Crippen molar-refractivity contribution in [2.45, 2.75) is 11.1 Å². The second-order valence-corrected chi connectivity index (χ2v) is 8.58. The lowest BCUT2D eigenvalue weighted by molar-refractivity contribution is -0.384. The fourth-order valence-electron chi connectivity index (χ4n) is 2.89. The molecule has 14 heteroatoms. The Hall–Kier alpha value is -4.33. The Bertz CT molecular complexity index is 1360. The Morgan fingerprint density at radius 2 is 1.54 bits per heavy atom. The van der Waals surface area contributed by atoms with E-state index in [2.05, 4.69) is 15.4 Å². The smallest absolute Gasteiger partial charge is 0.416 e. The topological polar surface area (TPSA) is 140 Å². The van der Waals surface area contributed by atoms with Crippen molar-refractivity contribution in [3.8, 4) is 5.75 Å². The number of nitro benzene ring substituents is 1. The van der Waals surface area contributed by atoms with E-state index < -0.39 is 32.7 Å². The number of urea groups is 1. The lowest BCUT2D eigenvalue weighted by Gasteiger charge is -2.16. The lowest BCUT2D eigenvalue weighted by Crippen LogP contribution is -2.22. The first-order valence-corrected chi connectivity index (χ1v) is 11.1. The first kappa shape index (κ1) is 25.3. The highest BCUT2D eigenvalue weighted by molar-refractivity contribution is 7.92. The maximum atomic E-state index is 13.0. The van der Waals surface area contributed by atoms with Gasteiger partial charge in [-0.2, -0.15) is 13.2 Å². The normalized spacial score (nSPS) is 11.4. The number of carbonyl (C=O) groups is 1. The molecule has 3 rings (SSSR count). The van der Waals surface area contributed by atoms with Gasteiger partial charge in [0.25, 0.3) is 15.7 Å². The lowest BCUT2D eigenvalue weighted by atomic mass is 10.2. The number of methoxy groups -OCH3 is 1. The molecule has 3 N–H and O–H groups in total. The maximum Gasteiger partial charge on any atom is 0.416 e. The van der Waals surface area contributed by atoms with Crippen LogP contribution >= 0.6 is 0 Å². The summed E-state index contributed by atoms with van der Waals surface area (Å²) in [5.41, 5.74) is -1.64. The number of carbonyl (C=O) groups excluding carboxylic acids is 1. The third-order valence-corrected chi connectivity index (χ3v) is 5.93. The third kappa shape index (κ3) is 6.17. The largest absolute Gasteiger partial charge is 0.495 e. The average molecular weight is 510 g/mol. The van der Waals surface area contributed by atoms with E-state index in [0.717, 1.165) is 36.4 Å². The van der Waals surface area contributed by atoms with E-state index in [9.17, 15) is 36.5 Å². The Labute approximate surface area is 196 Å². The van der Waals surface area contributed by atoms with Crippen molar-refractivity contribution in [3.63, 3.8) is 0 Å². The first-order valence-electron chi connectivity index (χ1n) is 9.60. The zero-order valence-electron chi connectivity index (χ0n) is 17.8. The molecule has 35 heavy (non-hydrogen) atoms. The monoisotopic (exact) mass is 510 g/mol. The third-order valence-electron chi connectivity index (χ3n) is 4.55. The van der Waals surface area contributed by atoms with Crippen LogP contribution in [0.2, 0.25) is 0 Å². The van der Waals surface area contributed by atoms with Crippen molar-refractivity contribution >= 4 is 38.8 Å². The molecule has 0 aliphatic carbocycles. The maximum absolute atomic E-state index is 13.0. The van der Waals surface area contributed by atoms with Crippen molar-refractivity contribution < 1.29 is 36.0 Å². The van der Waals surface area contributed by atoms with Gasteiger partial charge >= 0.3 is 12.2 Å². The van der Waals surface area contributed by atoms with Crippen LogP contribution in [0.3, 0.4) is 0 Å². The number of sulfonamides is 1. The summed E-state index contributed by atoms with van der Waals surface area (Å²) < 4.78 is 71.7. The van der Waals surface area contributed by atoms with Crippen molar-refractivity contribution in [1.29, 1.82) is 0 Å². The second kappa shape index (κ2) is 9.89. The van der Waals surface area contributed by atoms with Gasteiger partial charge in [0.15, 0.2) is 0 Å². The van der Waals surface area contributed by atoms with Gasteiger partial charge in [0.2, 0.25) is 0 Å². The molecule has 0 atom stereocenters. The summed E-state index contributed by atoms with van der Waals surface area (Å²) >= 11 is 0. The highest BCUT2D eigenvalue weighted by Gasteiger charge is 2.31. The molecule has 3 aromatic carbocycles. The number of rotatable bonds is 7. The number of hydrogen-bond donors (Lipinski definition) is 3. The molecule has 184 valence electrons. The Balaban J connectivity index is 1.81. The quantitative estimate of drug-likeness (QED) is 0.300. The predicted molar refractivity (Wildman–Crippen MR) is 121 cm³/mol. The van der Waals surface area contributed by atoms with Gasteiger partial charge < -0.3 is 15.4 Å². The molecule has 0 saturated heterocycles. The Morgan fingerprint density at radius 3 is 2.11 bits per heavy atom. The van der Waals surface area contributed by atoms with Crippen molar-refractivity contribution in [2.75, 3.05) is 22.5 Å². The van der Waals surface area contributed by atoms with Gasteiger partial charge in [-0.1, -0.05) is 12.1 Å². The van der Waals surface area contributed by atoms with Crippen LogP contribution < -0.4 is 20.1 Å². The van der Waals surface area contributed by atoms with Crippen LogP contribution in [0, 0.1) is 10.1 Å². The van der Waals surface area contributed by atoms with Gasteiger partial charge in [-0.15, -0.1) is 0 Å². The molecule has 0 heterocycles. The molecule has 0 radical (unpaired) electrons. The molecule has 0 bridgehead atoms. The average Bonchev–Trinajstić information content (AvgIpc) is 2.79. The number of hydrogen-bond acceptors (Lipinski definition) is 6. The van der Waals surface area contributed by atoms with E-state index in [1.165, 1.54) is 31.4 Å². The van der Waals surface area contributed by atoms with Gasteiger partial charge in [-0.3, -0.25) is 14.8 Å². The molecule has 0 aliphatic rings. The zero-order chi connectivity index (χ0) is 25.8. The van der Waals surface area contributed by atoms with E-state index >= 15 is 0 Å². The minimum Gasteiger partial charge on any atom is -0.495 e. The first-order chi connectivity index (χ1) is 16.4. The van der Waals surface area contributed by atoms with Crippen molar-refractivity contribution in [3.05, 3.63) is 82.4 Å². The van der Waals surface area contributed by atoms with E-state index in [4.69, 9.17) is 4.74 Å². The Kier molecular flexibility index (Phi) is 7.14. The summed E-state index contributed by atoms with van der Waals surface area (Å²) in [6.45, 7) is 0. The van der Waals surface area contributed by atoms with Crippen LogP contribution in [-0.2, 0) is 16.2 Å². The number of alkyl halides is 3. The molecule has 0 unspecified atom stereocenters. The van der Waals surface area contributed by atoms with Gasteiger partial charge in [-0.05, 0) is 42.5 Å². The van der Waals surface area contributed by atoms with Crippen LogP contribution in [-0.4, -0.2) is 26.5 Å². The fourth-order valence-corrected chi connectivity index (χ4v) is 3.97. The van der Waals surface area contributed by atoms with E-state index in [-0.39, 0.29) is 33.4 Å². The van der Waals surface area contributed by atoms with Crippen LogP contribution in [0.1, 0.15) is 5.56 Å². The second-order valence-electron chi connectivity index (χ2n) is 6.89. The fraction of sp³-hybridized carbons (Fsp3) is 0.0952. The number of benzene rings is 3. The molecule has 2 amide bonds. The number of ether oxygens (including phenoxy) is 1. The molecule has 0 spiro atoms. The number of nitrogens with zero attached hydrogens (tertiary/aromatic N) is 1. The molecule has 0 fully saturated rings. The molecule has 0 saturated carbocycles. The zero-order valence-corrected chi connectivity index (χ0v) is 18.6. The van der Waals surface area contributed by atoms with Crippen molar-refractivity contribution in [1.82, 2.24) is 0 Å². The molecular formula is C21H17F3N4O6S. The summed E-state index contributed by atoms with van der Waals surface area (Å²) in [5, 5.41) is 15.4. The number of halogens is 3. The number of amides is 2. The van der Waals surface area contributed by atoms with Crippen molar-refractivity contribution in [2.24, 2.45) is 0 Å². The molecule has 3 aromatic rings.